The minimum atomic E-state index is -0.756. The van der Waals surface area contributed by atoms with E-state index in [0.29, 0.717) is 19.3 Å². The van der Waals surface area contributed by atoms with Crippen LogP contribution >= 0.6 is 0 Å². The third-order valence-corrected chi connectivity index (χ3v) is 10.1. The molecule has 0 unspecified atom stereocenters. The monoisotopic (exact) mass is 723 g/mol. The molecule has 0 aliphatic heterocycles. The van der Waals surface area contributed by atoms with Crippen molar-refractivity contribution in [1.82, 2.24) is 0 Å². The lowest BCUT2D eigenvalue weighted by Crippen LogP contribution is -2.30. The van der Waals surface area contributed by atoms with Crippen molar-refractivity contribution in [3.63, 3.8) is 0 Å². The molecule has 0 spiro atoms. The Morgan fingerprint density at radius 1 is 0.314 bits per heavy atom. The fourth-order valence-electron chi connectivity index (χ4n) is 6.68. The normalized spacial score (nSPS) is 11.8. The second-order valence-electron chi connectivity index (χ2n) is 15.3. The maximum atomic E-state index is 12.7. The smallest absolute Gasteiger partial charge is 0.306 e. The van der Waals surface area contributed by atoms with Gasteiger partial charge in [-0.2, -0.15) is 0 Å². The molecule has 6 heteroatoms. The van der Waals surface area contributed by atoms with E-state index in [4.69, 9.17) is 14.2 Å². The van der Waals surface area contributed by atoms with Crippen molar-refractivity contribution in [3.05, 3.63) is 0 Å². The van der Waals surface area contributed by atoms with Gasteiger partial charge in [0.2, 0.25) is 0 Å². The molecule has 0 aliphatic rings. The van der Waals surface area contributed by atoms with E-state index in [1.807, 2.05) is 0 Å². The quantitative estimate of drug-likeness (QED) is 0.0355. The van der Waals surface area contributed by atoms with Gasteiger partial charge in [0.05, 0.1) is 0 Å². The summed E-state index contributed by atoms with van der Waals surface area (Å²) in [6.45, 7) is 6.61. The van der Waals surface area contributed by atoms with E-state index in [9.17, 15) is 14.4 Å². The minimum absolute atomic E-state index is 0.0632. The average molecular weight is 723 g/mol. The van der Waals surface area contributed by atoms with Crippen molar-refractivity contribution in [2.75, 3.05) is 13.2 Å². The van der Waals surface area contributed by atoms with Gasteiger partial charge in [0.1, 0.15) is 13.2 Å². The highest BCUT2D eigenvalue weighted by Crippen LogP contribution is 2.16. The standard InChI is InChI=1S/C45H86O6/c1-4-7-10-13-16-18-20-22-23-25-26-29-32-35-38-44(47)50-41-42(40-49-43(46)37-34-31-28-15-12-9-6-3)51-45(48)39-36-33-30-27-24-21-19-17-14-11-8-5-2/h42H,4-41H2,1-3H3/t42-/m1/s1. The number of esters is 3. The lowest BCUT2D eigenvalue weighted by molar-refractivity contribution is -0.167. The summed E-state index contributed by atoms with van der Waals surface area (Å²) >= 11 is 0. The molecule has 0 heterocycles. The summed E-state index contributed by atoms with van der Waals surface area (Å²) < 4.78 is 16.6. The van der Waals surface area contributed by atoms with Crippen LogP contribution in [-0.4, -0.2) is 37.2 Å². The van der Waals surface area contributed by atoms with Crippen LogP contribution in [0.4, 0.5) is 0 Å². The van der Waals surface area contributed by atoms with Crippen molar-refractivity contribution >= 4 is 17.9 Å². The third kappa shape index (κ3) is 39.5. The van der Waals surface area contributed by atoms with Gasteiger partial charge in [0.15, 0.2) is 6.10 Å². The molecule has 0 saturated carbocycles. The molecule has 0 saturated heterocycles. The van der Waals surface area contributed by atoms with Crippen LogP contribution < -0.4 is 0 Å². The summed E-state index contributed by atoms with van der Waals surface area (Å²) in [6, 6.07) is 0. The van der Waals surface area contributed by atoms with Crippen molar-refractivity contribution < 1.29 is 28.6 Å². The van der Waals surface area contributed by atoms with Crippen LogP contribution in [0, 0.1) is 0 Å². The zero-order valence-electron chi connectivity index (χ0n) is 34.4. The highest BCUT2D eigenvalue weighted by atomic mass is 16.6. The van der Waals surface area contributed by atoms with E-state index >= 15 is 0 Å². The molecule has 1 atom stereocenters. The van der Waals surface area contributed by atoms with E-state index in [2.05, 4.69) is 20.8 Å². The lowest BCUT2D eigenvalue weighted by Gasteiger charge is -2.18. The van der Waals surface area contributed by atoms with Gasteiger partial charge in [-0.15, -0.1) is 0 Å². The fourth-order valence-corrected chi connectivity index (χ4v) is 6.68. The van der Waals surface area contributed by atoms with Crippen molar-refractivity contribution in [2.24, 2.45) is 0 Å². The van der Waals surface area contributed by atoms with Gasteiger partial charge >= 0.3 is 17.9 Å². The average Bonchev–Trinajstić information content (AvgIpc) is 3.12. The van der Waals surface area contributed by atoms with Crippen molar-refractivity contribution in [1.29, 1.82) is 0 Å². The Bertz CT molecular complexity index is 753. The maximum absolute atomic E-state index is 12.7. The number of ether oxygens (including phenoxy) is 3. The first-order chi connectivity index (χ1) is 25.0. The Balaban J connectivity index is 4.26. The van der Waals surface area contributed by atoms with Gasteiger partial charge in [0, 0.05) is 19.3 Å². The van der Waals surface area contributed by atoms with E-state index in [-0.39, 0.29) is 31.1 Å². The summed E-state index contributed by atoms with van der Waals surface area (Å²) in [5.74, 6) is -0.858. The number of hydrogen-bond donors (Lipinski definition) is 0. The summed E-state index contributed by atoms with van der Waals surface area (Å²) in [7, 11) is 0. The molecule has 0 amide bonds. The van der Waals surface area contributed by atoms with E-state index in [1.54, 1.807) is 0 Å². The van der Waals surface area contributed by atoms with Crippen LogP contribution in [0.1, 0.15) is 252 Å². The number of carbonyl (C=O) groups excluding carboxylic acids is 3. The van der Waals surface area contributed by atoms with E-state index < -0.39 is 6.10 Å². The highest BCUT2D eigenvalue weighted by molar-refractivity contribution is 5.71. The van der Waals surface area contributed by atoms with Crippen LogP contribution in [-0.2, 0) is 28.6 Å². The number of unbranched alkanes of at least 4 members (excludes halogenated alkanes) is 30. The van der Waals surface area contributed by atoms with Crippen LogP contribution in [0.5, 0.6) is 0 Å². The van der Waals surface area contributed by atoms with E-state index in [1.165, 1.54) is 154 Å². The predicted octanol–water partition coefficient (Wildman–Crippen LogP) is 14.1. The van der Waals surface area contributed by atoms with Crippen LogP contribution in [0.15, 0.2) is 0 Å². The third-order valence-electron chi connectivity index (χ3n) is 10.1. The van der Waals surface area contributed by atoms with Gasteiger partial charge in [-0.1, -0.05) is 213 Å². The fraction of sp³-hybridized carbons (Fsp3) is 0.933. The van der Waals surface area contributed by atoms with Crippen LogP contribution in [0.2, 0.25) is 0 Å². The van der Waals surface area contributed by atoms with Gasteiger partial charge in [0.25, 0.3) is 0 Å². The minimum Gasteiger partial charge on any atom is -0.462 e. The molecule has 0 radical (unpaired) electrons. The van der Waals surface area contributed by atoms with Gasteiger partial charge < -0.3 is 14.2 Å². The van der Waals surface area contributed by atoms with Crippen molar-refractivity contribution in [2.45, 2.75) is 258 Å². The van der Waals surface area contributed by atoms with Crippen LogP contribution in [0.3, 0.4) is 0 Å². The van der Waals surface area contributed by atoms with Gasteiger partial charge in [-0.3, -0.25) is 14.4 Å². The Morgan fingerprint density at radius 3 is 0.784 bits per heavy atom. The molecule has 0 bridgehead atoms. The molecule has 0 fully saturated rings. The molecule has 302 valence electrons. The number of carbonyl (C=O) groups is 3. The molecule has 0 aromatic heterocycles. The lowest BCUT2D eigenvalue weighted by atomic mass is 10.0. The van der Waals surface area contributed by atoms with E-state index in [0.717, 1.165) is 57.8 Å². The van der Waals surface area contributed by atoms with Crippen molar-refractivity contribution in [3.8, 4) is 0 Å². The molecule has 0 aliphatic carbocycles. The van der Waals surface area contributed by atoms with Gasteiger partial charge in [-0.05, 0) is 19.3 Å². The molecular weight excluding hydrogens is 636 g/mol. The zero-order chi connectivity index (χ0) is 37.3. The maximum Gasteiger partial charge on any atom is 0.306 e. The summed E-state index contributed by atoms with van der Waals surface area (Å²) in [4.78, 5) is 37.5. The number of hydrogen-bond acceptors (Lipinski definition) is 6. The molecule has 0 aromatic rings. The summed E-state index contributed by atoms with van der Waals surface area (Å²) in [5, 5.41) is 0. The molecule has 0 rings (SSSR count). The van der Waals surface area contributed by atoms with Crippen LogP contribution in [0.25, 0.3) is 0 Å². The molecule has 51 heavy (non-hydrogen) atoms. The van der Waals surface area contributed by atoms with Gasteiger partial charge in [-0.25, -0.2) is 0 Å². The molecule has 0 aromatic carbocycles. The molecular formula is C45H86O6. The highest BCUT2D eigenvalue weighted by Gasteiger charge is 2.19. The Kier molecular flexibility index (Phi) is 39.9. The largest absolute Gasteiger partial charge is 0.462 e. The Labute approximate surface area is 317 Å². The number of rotatable bonds is 41. The first-order valence-corrected chi connectivity index (χ1v) is 22.5. The SMILES string of the molecule is CCCCCCCCCCCCCCCCC(=O)OC[C@@H](COC(=O)CCCCCCCCC)OC(=O)CCCCCCCCCCCCCC. The first-order valence-electron chi connectivity index (χ1n) is 22.5. The topological polar surface area (TPSA) is 78.9 Å². The second-order valence-corrected chi connectivity index (χ2v) is 15.3. The predicted molar refractivity (Wildman–Crippen MR) is 215 cm³/mol. The first kappa shape index (κ1) is 49.4. The Hall–Kier alpha value is -1.59. The summed E-state index contributed by atoms with van der Waals surface area (Å²) in [5.41, 5.74) is 0. The summed E-state index contributed by atoms with van der Waals surface area (Å²) in [6.07, 6.45) is 40.9. The second kappa shape index (κ2) is 41.2. The Morgan fingerprint density at radius 2 is 0.529 bits per heavy atom. The molecule has 0 N–H and O–H groups in total. The zero-order valence-corrected chi connectivity index (χ0v) is 34.4. The molecule has 6 nitrogen and oxygen atoms in total.